The molecule has 1 amide bonds. The molecule has 0 aliphatic heterocycles. The van der Waals surface area contributed by atoms with E-state index in [0.29, 0.717) is 18.8 Å². The number of imidazole rings is 1. The topological polar surface area (TPSA) is 81.8 Å². The summed E-state index contributed by atoms with van der Waals surface area (Å²) in [4.78, 5) is 31.8. The average molecular weight is 303 g/mol. The maximum atomic E-state index is 12.0. The molecular formula is C15H21N5O2. The maximum absolute atomic E-state index is 12.0. The summed E-state index contributed by atoms with van der Waals surface area (Å²) in [6.07, 6.45) is 4.50. The normalized spacial score (nSPS) is 10.7. The van der Waals surface area contributed by atoms with Gasteiger partial charge in [0, 0.05) is 43.3 Å². The Morgan fingerprint density at radius 3 is 2.82 bits per heavy atom. The fourth-order valence-electron chi connectivity index (χ4n) is 2.34. The third-order valence-corrected chi connectivity index (χ3v) is 3.44. The molecule has 0 unspecified atom stereocenters. The molecule has 0 radical (unpaired) electrons. The van der Waals surface area contributed by atoms with E-state index in [0.717, 1.165) is 17.9 Å². The van der Waals surface area contributed by atoms with E-state index in [4.69, 9.17) is 0 Å². The zero-order valence-corrected chi connectivity index (χ0v) is 13.2. The lowest BCUT2D eigenvalue weighted by molar-refractivity contribution is -0.121. The molecular weight excluding hydrogens is 282 g/mol. The van der Waals surface area contributed by atoms with Gasteiger partial charge in [-0.3, -0.25) is 9.36 Å². The SMILES string of the molecule is CCc1nccn1CCNC(=O)Cn1c(C)cc(C)nc1=O. The molecule has 2 aromatic heterocycles. The van der Waals surface area contributed by atoms with Crippen LogP contribution in [0.2, 0.25) is 0 Å². The summed E-state index contributed by atoms with van der Waals surface area (Å²) < 4.78 is 3.38. The van der Waals surface area contributed by atoms with E-state index in [9.17, 15) is 9.59 Å². The van der Waals surface area contributed by atoms with Gasteiger partial charge in [0.25, 0.3) is 0 Å². The molecule has 2 rings (SSSR count). The highest BCUT2D eigenvalue weighted by Gasteiger charge is 2.08. The van der Waals surface area contributed by atoms with Crippen LogP contribution in [0.1, 0.15) is 24.1 Å². The van der Waals surface area contributed by atoms with Crippen molar-refractivity contribution in [1.82, 2.24) is 24.4 Å². The minimum Gasteiger partial charge on any atom is -0.353 e. The Bertz CT molecular complexity index is 717. The fourth-order valence-corrected chi connectivity index (χ4v) is 2.34. The minimum absolute atomic E-state index is 0.0114. The van der Waals surface area contributed by atoms with Gasteiger partial charge in [0.05, 0.1) is 0 Å². The van der Waals surface area contributed by atoms with Gasteiger partial charge in [-0.1, -0.05) is 6.92 Å². The number of aryl methyl sites for hydroxylation is 3. The van der Waals surface area contributed by atoms with Crippen molar-refractivity contribution in [3.05, 3.63) is 46.2 Å². The molecule has 2 aromatic rings. The number of rotatable bonds is 6. The molecule has 1 N–H and O–H groups in total. The first-order valence-electron chi connectivity index (χ1n) is 7.33. The Balaban J connectivity index is 1.90. The molecule has 22 heavy (non-hydrogen) atoms. The number of amides is 1. The van der Waals surface area contributed by atoms with Crippen molar-refractivity contribution in [2.24, 2.45) is 0 Å². The van der Waals surface area contributed by atoms with Crippen LogP contribution in [0.5, 0.6) is 0 Å². The van der Waals surface area contributed by atoms with Crippen molar-refractivity contribution in [3.63, 3.8) is 0 Å². The van der Waals surface area contributed by atoms with Crippen molar-refractivity contribution in [2.45, 2.75) is 40.3 Å². The number of carbonyl (C=O) groups is 1. The Labute approximate surface area is 129 Å². The van der Waals surface area contributed by atoms with Crippen molar-refractivity contribution in [2.75, 3.05) is 6.54 Å². The molecule has 7 nitrogen and oxygen atoms in total. The molecule has 0 aliphatic rings. The highest BCUT2D eigenvalue weighted by atomic mass is 16.2. The van der Waals surface area contributed by atoms with Crippen LogP contribution < -0.4 is 11.0 Å². The highest BCUT2D eigenvalue weighted by molar-refractivity contribution is 5.75. The van der Waals surface area contributed by atoms with E-state index in [1.807, 2.05) is 17.7 Å². The summed E-state index contributed by atoms with van der Waals surface area (Å²) in [6.45, 7) is 6.74. The van der Waals surface area contributed by atoms with Crippen molar-refractivity contribution in [1.29, 1.82) is 0 Å². The molecule has 0 aliphatic carbocycles. The van der Waals surface area contributed by atoms with E-state index in [1.54, 1.807) is 26.1 Å². The molecule has 0 spiro atoms. The summed E-state index contributed by atoms with van der Waals surface area (Å²) in [6, 6.07) is 1.79. The first kappa shape index (κ1) is 15.9. The molecule has 0 saturated carbocycles. The Kier molecular flexibility index (Phi) is 5.08. The van der Waals surface area contributed by atoms with E-state index in [2.05, 4.69) is 15.3 Å². The molecule has 118 valence electrons. The molecule has 2 heterocycles. The monoisotopic (exact) mass is 303 g/mol. The quantitative estimate of drug-likeness (QED) is 0.839. The molecule has 7 heteroatoms. The number of nitrogens with zero attached hydrogens (tertiary/aromatic N) is 4. The summed E-state index contributed by atoms with van der Waals surface area (Å²) >= 11 is 0. The van der Waals surface area contributed by atoms with Crippen molar-refractivity contribution >= 4 is 5.91 Å². The smallest absolute Gasteiger partial charge is 0.348 e. The highest BCUT2D eigenvalue weighted by Crippen LogP contribution is 1.98. The van der Waals surface area contributed by atoms with Crippen LogP contribution in [0.3, 0.4) is 0 Å². The van der Waals surface area contributed by atoms with Crippen LogP contribution in [0.25, 0.3) is 0 Å². The van der Waals surface area contributed by atoms with Gasteiger partial charge in [-0.15, -0.1) is 0 Å². The number of hydrogen-bond acceptors (Lipinski definition) is 4. The number of nitrogens with one attached hydrogen (secondary N) is 1. The van der Waals surface area contributed by atoms with Gasteiger partial charge in [0.2, 0.25) is 5.91 Å². The standard InChI is InChI=1S/C15H21N5O2/c1-4-13-16-5-7-19(13)8-6-17-14(21)10-20-12(3)9-11(2)18-15(20)22/h5,7,9H,4,6,8,10H2,1-3H3,(H,17,21). The number of carbonyl (C=O) groups excluding carboxylic acids is 1. The molecule has 0 bridgehead atoms. The van der Waals surface area contributed by atoms with E-state index < -0.39 is 5.69 Å². The van der Waals surface area contributed by atoms with Gasteiger partial charge < -0.3 is 9.88 Å². The lowest BCUT2D eigenvalue weighted by Gasteiger charge is -2.11. The second-order valence-electron chi connectivity index (χ2n) is 5.15. The lowest BCUT2D eigenvalue weighted by Crippen LogP contribution is -2.36. The van der Waals surface area contributed by atoms with Gasteiger partial charge >= 0.3 is 5.69 Å². The van der Waals surface area contributed by atoms with Gasteiger partial charge in [0.1, 0.15) is 12.4 Å². The number of hydrogen-bond donors (Lipinski definition) is 1. The second kappa shape index (κ2) is 7.02. The van der Waals surface area contributed by atoms with E-state index in [-0.39, 0.29) is 12.5 Å². The second-order valence-corrected chi connectivity index (χ2v) is 5.15. The zero-order chi connectivity index (χ0) is 16.1. The van der Waals surface area contributed by atoms with Gasteiger partial charge in [-0.05, 0) is 19.9 Å². The molecule has 0 fully saturated rings. The summed E-state index contributed by atoms with van der Waals surface area (Å²) in [5.74, 6) is 0.790. The maximum Gasteiger partial charge on any atom is 0.348 e. The van der Waals surface area contributed by atoms with Crippen LogP contribution in [0.15, 0.2) is 23.3 Å². The summed E-state index contributed by atoms with van der Waals surface area (Å²) in [5, 5.41) is 2.81. The Morgan fingerprint density at radius 1 is 1.36 bits per heavy atom. The first-order chi connectivity index (χ1) is 10.5. The Hall–Kier alpha value is -2.44. The summed E-state index contributed by atoms with van der Waals surface area (Å²) in [7, 11) is 0. The van der Waals surface area contributed by atoms with Gasteiger partial charge in [-0.25, -0.2) is 9.78 Å². The van der Waals surface area contributed by atoms with Crippen molar-refractivity contribution in [3.8, 4) is 0 Å². The third kappa shape index (κ3) is 3.81. The fraction of sp³-hybridized carbons (Fsp3) is 0.467. The van der Waals surface area contributed by atoms with Crippen LogP contribution >= 0.6 is 0 Å². The van der Waals surface area contributed by atoms with Crippen LogP contribution in [0, 0.1) is 13.8 Å². The zero-order valence-electron chi connectivity index (χ0n) is 13.2. The minimum atomic E-state index is -0.393. The van der Waals surface area contributed by atoms with Crippen LogP contribution in [-0.2, 0) is 24.3 Å². The van der Waals surface area contributed by atoms with Gasteiger partial charge in [0.15, 0.2) is 0 Å². The van der Waals surface area contributed by atoms with E-state index >= 15 is 0 Å². The number of aromatic nitrogens is 4. The van der Waals surface area contributed by atoms with E-state index in [1.165, 1.54) is 4.57 Å². The predicted octanol–water partition coefficient (Wildman–Crippen LogP) is 0.435. The average Bonchev–Trinajstić information content (AvgIpc) is 2.90. The molecule has 0 saturated heterocycles. The largest absolute Gasteiger partial charge is 0.353 e. The van der Waals surface area contributed by atoms with Crippen LogP contribution in [0.4, 0.5) is 0 Å². The van der Waals surface area contributed by atoms with Gasteiger partial charge in [-0.2, -0.15) is 4.98 Å². The predicted molar refractivity (Wildman–Crippen MR) is 82.6 cm³/mol. The van der Waals surface area contributed by atoms with Crippen molar-refractivity contribution < 1.29 is 4.79 Å². The lowest BCUT2D eigenvalue weighted by atomic mass is 10.3. The Morgan fingerprint density at radius 2 is 2.14 bits per heavy atom. The van der Waals surface area contributed by atoms with Crippen LogP contribution in [-0.4, -0.2) is 31.6 Å². The first-order valence-corrected chi connectivity index (χ1v) is 7.33. The third-order valence-electron chi connectivity index (χ3n) is 3.44. The summed E-state index contributed by atoms with van der Waals surface area (Å²) in [5.41, 5.74) is 0.998. The molecule has 0 atom stereocenters. The molecule has 0 aromatic carbocycles.